The van der Waals surface area contributed by atoms with Crippen LogP contribution in [0.2, 0.25) is 0 Å². The summed E-state index contributed by atoms with van der Waals surface area (Å²) in [7, 11) is 0. The number of halogens is 1. The normalized spacial score (nSPS) is 34.8. The van der Waals surface area contributed by atoms with Crippen LogP contribution in [-0.4, -0.2) is 17.2 Å². The maximum absolute atomic E-state index is 12.3. The lowest BCUT2D eigenvalue weighted by atomic mass is 10.1. The van der Waals surface area contributed by atoms with Gasteiger partial charge in [0, 0.05) is 0 Å². The standard InChI is InChI=1S/C6H9FO2/c7-5-2-1-4(3-5)6(8)9/h4-5H,1-3H2,(H,8,9)/t4-,5-/m1/s1. The van der Waals surface area contributed by atoms with Gasteiger partial charge in [0.05, 0.1) is 5.92 Å². The van der Waals surface area contributed by atoms with Crippen LogP contribution in [0.3, 0.4) is 0 Å². The van der Waals surface area contributed by atoms with Gasteiger partial charge in [-0.15, -0.1) is 0 Å². The number of carbonyl (C=O) groups is 1. The number of carboxylic acid groups (broad SMARTS) is 1. The van der Waals surface area contributed by atoms with E-state index in [-0.39, 0.29) is 6.42 Å². The molecule has 0 amide bonds. The Kier molecular flexibility index (Phi) is 1.69. The summed E-state index contributed by atoms with van der Waals surface area (Å²) in [4.78, 5) is 10.2. The Hall–Kier alpha value is -0.600. The van der Waals surface area contributed by atoms with Crippen LogP contribution in [0.5, 0.6) is 0 Å². The van der Waals surface area contributed by atoms with Gasteiger partial charge < -0.3 is 5.11 Å². The quantitative estimate of drug-likeness (QED) is 0.582. The second kappa shape index (κ2) is 2.33. The number of hydrogen-bond acceptors (Lipinski definition) is 1. The van der Waals surface area contributed by atoms with Crippen LogP contribution in [0.25, 0.3) is 0 Å². The van der Waals surface area contributed by atoms with Crippen LogP contribution in [-0.2, 0) is 4.79 Å². The van der Waals surface area contributed by atoms with Gasteiger partial charge in [-0.3, -0.25) is 4.79 Å². The molecule has 0 aromatic heterocycles. The second-order valence-corrected chi connectivity index (χ2v) is 2.45. The first kappa shape index (κ1) is 6.52. The Morgan fingerprint density at radius 3 is 2.44 bits per heavy atom. The van der Waals surface area contributed by atoms with E-state index in [2.05, 4.69) is 0 Å². The summed E-state index contributed by atoms with van der Waals surface area (Å²) in [5.74, 6) is -1.27. The van der Waals surface area contributed by atoms with Gasteiger partial charge in [0.25, 0.3) is 0 Å². The minimum absolute atomic E-state index is 0.218. The molecule has 0 unspecified atom stereocenters. The van der Waals surface area contributed by atoms with Crippen molar-refractivity contribution in [1.82, 2.24) is 0 Å². The zero-order valence-corrected chi connectivity index (χ0v) is 5.01. The molecule has 1 N–H and O–H groups in total. The van der Waals surface area contributed by atoms with E-state index >= 15 is 0 Å². The summed E-state index contributed by atoms with van der Waals surface area (Å²) in [6.07, 6.45) is 0.286. The Balaban J connectivity index is 2.39. The molecule has 1 fully saturated rings. The van der Waals surface area contributed by atoms with Crippen molar-refractivity contribution in [2.24, 2.45) is 5.92 Å². The second-order valence-electron chi connectivity index (χ2n) is 2.45. The summed E-state index contributed by atoms with van der Waals surface area (Å²) in [5, 5.41) is 8.36. The van der Waals surface area contributed by atoms with Crippen molar-refractivity contribution in [1.29, 1.82) is 0 Å². The van der Waals surface area contributed by atoms with Crippen LogP contribution < -0.4 is 0 Å². The fourth-order valence-electron chi connectivity index (χ4n) is 1.15. The molecule has 1 rings (SSSR count). The fourth-order valence-corrected chi connectivity index (χ4v) is 1.15. The number of hydrogen-bond donors (Lipinski definition) is 1. The highest BCUT2D eigenvalue weighted by Crippen LogP contribution is 2.27. The molecule has 1 aliphatic rings. The molecular weight excluding hydrogens is 123 g/mol. The van der Waals surface area contributed by atoms with E-state index in [0.29, 0.717) is 12.8 Å². The van der Waals surface area contributed by atoms with Gasteiger partial charge in [-0.1, -0.05) is 0 Å². The molecule has 2 nitrogen and oxygen atoms in total. The molecule has 0 aliphatic heterocycles. The number of carboxylic acids is 1. The van der Waals surface area contributed by atoms with Crippen molar-refractivity contribution in [3.63, 3.8) is 0 Å². The third-order valence-electron chi connectivity index (χ3n) is 1.72. The maximum Gasteiger partial charge on any atom is 0.306 e. The van der Waals surface area contributed by atoms with E-state index in [4.69, 9.17) is 5.11 Å². The number of rotatable bonds is 1. The highest BCUT2D eigenvalue weighted by Gasteiger charge is 2.29. The molecule has 0 bridgehead atoms. The van der Waals surface area contributed by atoms with Crippen molar-refractivity contribution < 1.29 is 14.3 Å². The van der Waals surface area contributed by atoms with Crippen LogP contribution in [0.15, 0.2) is 0 Å². The van der Waals surface area contributed by atoms with Crippen molar-refractivity contribution >= 4 is 5.97 Å². The van der Waals surface area contributed by atoms with Crippen LogP contribution in [0.1, 0.15) is 19.3 Å². The molecule has 0 aromatic carbocycles. The van der Waals surface area contributed by atoms with Crippen molar-refractivity contribution in [2.45, 2.75) is 25.4 Å². The SMILES string of the molecule is O=C(O)[C@@H]1CC[C@@H](F)C1. The summed E-state index contributed by atoms with van der Waals surface area (Å²) >= 11 is 0. The Bertz CT molecular complexity index is 124. The third kappa shape index (κ3) is 1.40. The zero-order valence-electron chi connectivity index (χ0n) is 5.01. The Morgan fingerprint density at radius 1 is 1.56 bits per heavy atom. The molecule has 0 heterocycles. The van der Waals surface area contributed by atoms with Crippen LogP contribution in [0.4, 0.5) is 4.39 Å². The van der Waals surface area contributed by atoms with Crippen LogP contribution in [0, 0.1) is 5.92 Å². The van der Waals surface area contributed by atoms with Gasteiger partial charge in [-0.25, -0.2) is 4.39 Å². The maximum atomic E-state index is 12.3. The molecule has 0 radical (unpaired) electrons. The Labute approximate surface area is 52.7 Å². The topological polar surface area (TPSA) is 37.3 Å². The average Bonchev–Trinajstić information content (AvgIpc) is 2.14. The minimum Gasteiger partial charge on any atom is -0.481 e. The first-order valence-corrected chi connectivity index (χ1v) is 3.07. The third-order valence-corrected chi connectivity index (χ3v) is 1.72. The summed E-state index contributed by atoms with van der Waals surface area (Å²) in [6.45, 7) is 0. The van der Waals surface area contributed by atoms with E-state index in [1.165, 1.54) is 0 Å². The largest absolute Gasteiger partial charge is 0.481 e. The molecule has 52 valence electrons. The summed E-state index contributed by atoms with van der Waals surface area (Å²) in [5.41, 5.74) is 0. The van der Waals surface area contributed by atoms with Gasteiger partial charge >= 0.3 is 5.97 Å². The predicted molar refractivity (Wildman–Crippen MR) is 29.9 cm³/mol. The van der Waals surface area contributed by atoms with Crippen molar-refractivity contribution in [3.8, 4) is 0 Å². The smallest absolute Gasteiger partial charge is 0.306 e. The molecule has 2 atom stereocenters. The highest BCUT2D eigenvalue weighted by atomic mass is 19.1. The van der Waals surface area contributed by atoms with E-state index in [9.17, 15) is 9.18 Å². The first-order valence-electron chi connectivity index (χ1n) is 3.07. The molecule has 9 heavy (non-hydrogen) atoms. The molecule has 3 heteroatoms. The first-order chi connectivity index (χ1) is 4.20. The number of aliphatic carboxylic acids is 1. The van der Waals surface area contributed by atoms with E-state index < -0.39 is 18.1 Å². The molecular formula is C6H9FO2. The molecule has 0 saturated heterocycles. The highest BCUT2D eigenvalue weighted by molar-refractivity contribution is 5.70. The van der Waals surface area contributed by atoms with E-state index in [1.807, 2.05) is 0 Å². The van der Waals surface area contributed by atoms with Gasteiger partial charge in [-0.05, 0) is 19.3 Å². The molecule has 1 aliphatic carbocycles. The summed E-state index contributed by atoms with van der Waals surface area (Å²) < 4.78 is 12.3. The fraction of sp³-hybridized carbons (Fsp3) is 0.833. The molecule has 0 spiro atoms. The predicted octanol–water partition coefficient (Wildman–Crippen LogP) is 1.21. The monoisotopic (exact) mass is 132 g/mol. The van der Waals surface area contributed by atoms with Gasteiger partial charge in [0.15, 0.2) is 0 Å². The van der Waals surface area contributed by atoms with E-state index in [0.717, 1.165) is 0 Å². The molecule has 1 saturated carbocycles. The van der Waals surface area contributed by atoms with Gasteiger partial charge in [0.2, 0.25) is 0 Å². The lowest BCUT2D eigenvalue weighted by Crippen LogP contribution is -2.09. The lowest BCUT2D eigenvalue weighted by molar-refractivity contribution is -0.141. The average molecular weight is 132 g/mol. The van der Waals surface area contributed by atoms with Crippen molar-refractivity contribution in [3.05, 3.63) is 0 Å². The summed E-state index contributed by atoms with van der Waals surface area (Å²) in [6, 6.07) is 0. The lowest BCUT2D eigenvalue weighted by Gasteiger charge is -1.98. The van der Waals surface area contributed by atoms with Crippen molar-refractivity contribution in [2.75, 3.05) is 0 Å². The molecule has 0 aromatic rings. The van der Waals surface area contributed by atoms with Gasteiger partial charge in [0.1, 0.15) is 6.17 Å². The zero-order chi connectivity index (χ0) is 6.85. The minimum atomic E-state index is -0.869. The number of alkyl halides is 1. The van der Waals surface area contributed by atoms with Gasteiger partial charge in [-0.2, -0.15) is 0 Å². The Morgan fingerprint density at radius 2 is 2.22 bits per heavy atom. The van der Waals surface area contributed by atoms with E-state index in [1.54, 1.807) is 0 Å². The van der Waals surface area contributed by atoms with Crippen LogP contribution >= 0.6 is 0 Å².